The molecule has 0 bridgehead atoms. The highest BCUT2D eigenvalue weighted by atomic mass is 32.2. The van der Waals surface area contributed by atoms with Gasteiger partial charge in [-0.2, -0.15) is 4.31 Å². The third kappa shape index (κ3) is 5.63. The number of amides is 2. The van der Waals surface area contributed by atoms with Gasteiger partial charge in [-0.3, -0.25) is 15.0 Å². The minimum Gasteiger partial charge on any atom is -0.447 e. The van der Waals surface area contributed by atoms with Gasteiger partial charge in [-0.1, -0.05) is 12.1 Å². The molecule has 13 heteroatoms. The SMILES string of the molecule is COCCOC(=O)N1CCN(S(=O)(=O)c2ccc(-c3cccc(F)c3)nc2)[C@@H](C(=O)NO)C1. The van der Waals surface area contributed by atoms with Gasteiger partial charge in [0.25, 0.3) is 5.91 Å². The van der Waals surface area contributed by atoms with E-state index in [1.165, 1.54) is 47.8 Å². The summed E-state index contributed by atoms with van der Waals surface area (Å²) in [4.78, 5) is 29.5. The molecule has 0 unspecified atom stereocenters. The quantitative estimate of drug-likeness (QED) is 0.337. The first-order chi connectivity index (χ1) is 15.8. The summed E-state index contributed by atoms with van der Waals surface area (Å²) in [7, 11) is -2.77. The number of aromatic nitrogens is 1. The van der Waals surface area contributed by atoms with Crippen molar-refractivity contribution >= 4 is 22.0 Å². The minimum atomic E-state index is -4.22. The summed E-state index contributed by atoms with van der Waals surface area (Å²) >= 11 is 0. The van der Waals surface area contributed by atoms with Crippen LogP contribution in [-0.2, 0) is 24.3 Å². The lowest BCUT2D eigenvalue weighted by atomic mass is 10.1. The van der Waals surface area contributed by atoms with E-state index >= 15 is 0 Å². The zero-order valence-electron chi connectivity index (χ0n) is 17.7. The van der Waals surface area contributed by atoms with Crippen molar-refractivity contribution in [2.75, 3.05) is 40.0 Å². The number of carbonyl (C=O) groups is 2. The van der Waals surface area contributed by atoms with E-state index in [1.54, 1.807) is 6.07 Å². The predicted octanol–water partition coefficient (Wildman–Crippen LogP) is 0.851. The van der Waals surface area contributed by atoms with Crippen molar-refractivity contribution in [1.82, 2.24) is 19.7 Å². The van der Waals surface area contributed by atoms with Crippen LogP contribution in [0.4, 0.5) is 9.18 Å². The van der Waals surface area contributed by atoms with E-state index in [0.717, 1.165) is 10.5 Å². The molecular formula is C20H23FN4O7S. The standard InChI is InChI=1S/C20H23FN4O7S/c1-31-9-10-32-20(27)24-7-8-25(18(13-24)19(26)23-28)33(29,30)16-5-6-17(22-12-16)14-3-2-4-15(21)11-14/h2-6,11-12,18,28H,7-10,13H2,1H3,(H,23,26)/t18-/m1/s1. The Morgan fingerprint density at radius 3 is 2.67 bits per heavy atom. The van der Waals surface area contributed by atoms with E-state index in [-0.39, 0.29) is 37.7 Å². The van der Waals surface area contributed by atoms with Crippen molar-refractivity contribution in [1.29, 1.82) is 0 Å². The molecule has 1 saturated heterocycles. The molecule has 0 spiro atoms. The maximum Gasteiger partial charge on any atom is 0.409 e. The molecule has 1 aliphatic rings. The number of pyridine rings is 1. The Kier molecular flexibility index (Phi) is 7.92. The van der Waals surface area contributed by atoms with E-state index < -0.39 is 33.9 Å². The number of benzene rings is 1. The van der Waals surface area contributed by atoms with Crippen LogP contribution >= 0.6 is 0 Å². The molecule has 2 aromatic rings. The van der Waals surface area contributed by atoms with Gasteiger partial charge in [-0.25, -0.2) is 23.1 Å². The summed E-state index contributed by atoms with van der Waals surface area (Å²) in [5.74, 6) is -1.46. The third-order valence-corrected chi connectivity index (χ3v) is 6.87. The summed E-state index contributed by atoms with van der Waals surface area (Å²) in [6, 6.07) is 7.01. The third-order valence-electron chi connectivity index (χ3n) is 4.98. The van der Waals surface area contributed by atoms with E-state index in [9.17, 15) is 22.4 Å². The topological polar surface area (TPSA) is 138 Å². The number of hydrogen-bond donors (Lipinski definition) is 2. The van der Waals surface area contributed by atoms with E-state index in [2.05, 4.69) is 4.98 Å². The van der Waals surface area contributed by atoms with Gasteiger partial charge in [-0.05, 0) is 24.3 Å². The van der Waals surface area contributed by atoms with Gasteiger partial charge in [-0.15, -0.1) is 0 Å². The number of hydrogen-bond acceptors (Lipinski definition) is 8. The Morgan fingerprint density at radius 2 is 2.03 bits per heavy atom. The number of halogens is 1. The molecule has 178 valence electrons. The maximum absolute atomic E-state index is 13.5. The van der Waals surface area contributed by atoms with Gasteiger partial charge in [0.15, 0.2) is 0 Å². The van der Waals surface area contributed by atoms with Gasteiger partial charge >= 0.3 is 6.09 Å². The Hall–Kier alpha value is -3.13. The fraction of sp³-hybridized carbons (Fsp3) is 0.350. The molecule has 1 fully saturated rings. The summed E-state index contributed by atoms with van der Waals surface area (Å²) in [6.07, 6.45) is 0.371. The van der Waals surface area contributed by atoms with Crippen molar-refractivity contribution in [2.24, 2.45) is 0 Å². The van der Waals surface area contributed by atoms with Crippen molar-refractivity contribution in [3.63, 3.8) is 0 Å². The molecule has 1 aliphatic heterocycles. The maximum atomic E-state index is 13.5. The van der Waals surface area contributed by atoms with Crippen LogP contribution in [0, 0.1) is 5.82 Å². The first-order valence-corrected chi connectivity index (χ1v) is 11.3. The average molecular weight is 482 g/mol. The molecule has 2 amide bonds. The Bertz CT molecular complexity index is 1100. The number of nitrogens with zero attached hydrogens (tertiary/aromatic N) is 3. The first kappa shape index (κ1) is 24.5. The molecule has 3 rings (SSSR count). The van der Waals surface area contributed by atoms with Crippen LogP contribution in [0.2, 0.25) is 0 Å². The lowest BCUT2D eigenvalue weighted by Gasteiger charge is -2.38. The second-order valence-electron chi connectivity index (χ2n) is 7.05. The van der Waals surface area contributed by atoms with Crippen LogP contribution in [0.15, 0.2) is 47.5 Å². The Balaban J connectivity index is 1.81. The highest BCUT2D eigenvalue weighted by Gasteiger charge is 2.41. The van der Waals surface area contributed by atoms with Crippen molar-refractivity contribution in [2.45, 2.75) is 10.9 Å². The van der Waals surface area contributed by atoms with Crippen LogP contribution in [0.5, 0.6) is 0 Å². The number of nitrogens with one attached hydrogen (secondary N) is 1. The highest BCUT2D eigenvalue weighted by Crippen LogP contribution is 2.24. The number of piperazine rings is 1. The summed E-state index contributed by atoms with van der Waals surface area (Å²) in [5, 5.41) is 9.11. The van der Waals surface area contributed by atoms with Gasteiger partial charge in [0.2, 0.25) is 10.0 Å². The summed E-state index contributed by atoms with van der Waals surface area (Å²) in [6.45, 7) is -0.403. The Morgan fingerprint density at radius 1 is 1.24 bits per heavy atom. The zero-order chi connectivity index (χ0) is 24.0. The summed E-state index contributed by atoms with van der Waals surface area (Å²) in [5.41, 5.74) is 2.27. The molecule has 0 aliphatic carbocycles. The molecule has 1 aromatic carbocycles. The number of methoxy groups -OCH3 is 1. The van der Waals surface area contributed by atoms with Gasteiger partial charge in [0, 0.05) is 38.5 Å². The molecule has 0 saturated carbocycles. The zero-order valence-corrected chi connectivity index (χ0v) is 18.5. The minimum absolute atomic E-state index is 0.00591. The highest BCUT2D eigenvalue weighted by molar-refractivity contribution is 7.89. The van der Waals surface area contributed by atoms with Gasteiger partial charge in [0.1, 0.15) is 23.4 Å². The second-order valence-corrected chi connectivity index (χ2v) is 8.94. The van der Waals surface area contributed by atoms with Crippen LogP contribution < -0.4 is 5.48 Å². The molecule has 1 atom stereocenters. The van der Waals surface area contributed by atoms with E-state index in [0.29, 0.717) is 11.3 Å². The van der Waals surface area contributed by atoms with Crippen molar-refractivity contribution in [3.05, 3.63) is 48.4 Å². The van der Waals surface area contributed by atoms with Crippen molar-refractivity contribution < 1.29 is 37.1 Å². The average Bonchev–Trinajstić information content (AvgIpc) is 2.83. The van der Waals surface area contributed by atoms with Crippen LogP contribution in [0.25, 0.3) is 11.3 Å². The number of rotatable bonds is 7. The monoisotopic (exact) mass is 482 g/mol. The molecule has 1 aromatic heterocycles. The number of carbonyl (C=O) groups excluding carboxylic acids is 2. The normalized spacial score (nSPS) is 16.9. The number of ether oxygens (including phenoxy) is 2. The fourth-order valence-corrected chi connectivity index (χ4v) is 4.81. The predicted molar refractivity (Wildman–Crippen MR) is 112 cm³/mol. The van der Waals surface area contributed by atoms with Gasteiger partial charge in [0.05, 0.1) is 12.3 Å². The van der Waals surface area contributed by atoms with Crippen molar-refractivity contribution in [3.8, 4) is 11.3 Å². The Labute approximate surface area is 189 Å². The van der Waals surface area contributed by atoms with Crippen LogP contribution in [0.3, 0.4) is 0 Å². The van der Waals surface area contributed by atoms with E-state index in [4.69, 9.17) is 14.7 Å². The lowest BCUT2D eigenvalue weighted by Crippen LogP contribution is -2.61. The van der Waals surface area contributed by atoms with Crippen LogP contribution in [-0.4, -0.2) is 85.8 Å². The lowest BCUT2D eigenvalue weighted by molar-refractivity contribution is -0.134. The summed E-state index contributed by atoms with van der Waals surface area (Å²) < 4.78 is 50.6. The number of sulfonamides is 1. The fourth-order valence-electron chi connectivity index (χ4n) is 3.30. The molecule has 2 N–H and O–H groups in total. The molecule has 11 nitrogen and oxygen atoms in total. The molecule has 33 heavy (non-hydrogen) atoms. The smallest absolute Gasteiger partial charge is 0.409 e. The molecular weight excluding hydrogens is 459 g/mol. The van der Waals surface area contributed by atoms with Crippen LogP contribution in [0.1, 0.15) is 0 Å². The first-order valence-electron chi connectivity index (χ1n) is 9.86. The van der Waals surface area contributed by atoms with E-state index in [1.807, 2.05) is 0 Å². The largest absolute Gasteiger partial charge is 0.447 e. The molecule has 0 radical (unpaired) electrons. The number of hydroxylamine groups is 1. The van der Waals surface area contributed by atoms with Gasteiger partial charge < -0.3 is 14.4 Å². The second kappa shape index (κ2) is 10.7. The molecule has 2 heterocycles.